The summed E-state index contributed by atoms with van der Waals surface area (Å²) in [6, 6.07) is 7.91. The molecule has 0 saturated heterocycles. The zero-order valence-electron chi connectivity index (χ0n) is 15.3. The largest absolute Gasteiger partial charge is 0.454 e. The van der Waals surface area contributed by atoms with Crippen LogP contribution in [0.15, 0.2) is 29.8 Å². The van der Waals surface area contributed by atoms with Crippen molar-refractivity contribution in [3.63, 3.8) is 0 Å². The number of amides is 1. The molecule has 1 aliphatic heterocycles. The van der Waals surface area contributed by atoms with Crippen molar-refractivity contribution in [2.75, 3.05) is 7.11 Å². The number of cyclic esters (lactones) is 1. The number of hydrogen-bond donors (Lipinski definition) is 2. The SMILES string of the molecule is CCCCCC1OC(=O)C(C(=O)NOC)=C1c1[nH]c2ccccc2c1C. The highest BCUT2D eigenvalue weighted by Gasteiger charge is 2.40. The molecule has 138 valence electrons. The molecule has 0 radical (unpaired) electrons. The van der Waals surface area contributed by atoms with Crippen LogP contribution in [0.25, 0.3) is 16.5 Å². The minimum Gasteiger partial charge on any atom is -0.454 e. The van der Waals surface area contributed by atoms with Crippen molar-refractivity contribution < 1.29 is 19.2 Å². The first-order valence-corrected chi connectivity index (χ1v) is 8.94. The number of hydroxylamine groups is 1. The molecule has 0 spiro atoms. The summed E-state index contributed by atoms with van der Waals surface area (Å²) in [5.41, 5.74) is 5.62. The fraction of sp³-hybridized carbons (Fsp3) is 0.400. The molecule has 0 fully saturated rings. The van der Waals surface area contributed by atoms with Crippen molar-refractivity contribution in [2.45, 2.75) is 45.6 Å². The molecule has 6 heteroatoms. The van der Waals surface area contributed by atoms with Crippen LogP contribution in [0.2, 0.25) is 0 Å². The molecule has 1 aromatic heterocycles. The molecule has 2 N–H and O–H groups in total. The first-order valence-electron chi connectivity index (χ1n) is 8.94. The van der Waals surface area contributed by atoms with Gasteiger partial charge in [0.05, 0.1) is 12.8 Å². The van der Waals surface area contributed by atoms with Gasteiger partial charge in [0.1, 0.15) is 11.7 Å². The van der Waals surface area contributed by atoms with Gasteiger partial charge in [-0.1, -0.05) is 38.0 Å². The molecular formula is C20H24N2O4. The second-order valence-electron chi connectivity index (χ2n) is 6.48. The number of nitrogens with one attached hydrogen (secondary N) is 2. The van der Waals surface area contributed by atoms with Crippen molar-refractivity contribution in [1.82, 2.24) is 10.5 Å². The maximum absolute atomic E-state index is 12.4. The zero-order valence-corrected chi connectivity index (χ0v) is 15.3. The summed E-state index contributed by atoms with van der Waals surface area (Å²) in [5, 5.41) is 1.06. The number of aromatic amines is 1. The Labute approximate surface area is 152 Å². The van der Waals surface area contributed by atoms with E-state index < -0.39 is 18.0 Å². The summed E-state index contributed by atoms with van der Waals surface area (Å²) in [7, 11) is 1.34. The van der Waals surface area contributed by atoms with Gasteiger partial charge in [0, 0.05) is 16.5 Å². The Kier molecular flexibility index (Phi) is 5.42. The van der Waals surface area contributed by atoms with Crippen LogP contribution in [0.3, 0.4) is 0 Å². The predicted octanol–water partition coefficient (Wildman–Crippen LogP) is 3.41. The molecule has 0 aliphatic carbocycles. The molecule has 1 amide bonds. The molecule has 2 aromatic rings. The van der Waals surface area contributed by atoms with Crippen molar-refractivity contribution in [1.29, 1.82) is 0 Å². The predicted molar refractivity (Wildman–Crippen MR) is 99.1 cm³/mol. The number of benzene rings is 1. The standard InChI is InChI=1S/C20H24N2O4/c1-4-5-6-11-15-16(17(20(24)26-15)19(23)22-25-3)18-12(2)13-9-7-8-10-14(13)21-18/h7-10,15,21H,4-6,11H2,1-3H3,(H,22,23). The Bertz CT molecular complexity index is 866. The quantitative estimate of drug-likeness (QED) is 0.345. The van der Waals surface area contributed by atoms with Gasteiger partial charge in [-0.25, -0.2) is 10.3 Å². The van der Waals surface area contributed by atoms with Crippen LogP contribution >= 0.6 is 0 Å². The number of ether oxygens (including phenoxy) is 1. The van der Waals surface area contributed by atoms with Crippen LogP contribution in [-0.2, 0) is 19.2 Å². The average molecular weight is 356 g/mol. The summed E-state index contributed by atoms with van der Waals surface area (Å²) in [5.74, 6) is -1.18. The van der Waals surface area contributed by atoms with E-state index in [9.17, 15) is 9.59 Å². The Balaban J connectivity index is 2.11. The molecule has 2 heterocycles. The lowest BCUT2D eigenvalue weighted by atomic mass is 9.95. The monoisotopic (exact) mass is 356 g/mol. The first-order chi connectivity index (χ1) is 12.6. The fourth-order valence-electron chi connectivity index (χ4n) is 3.50. The van der Waals surface area contributed by atoms with Crippen molar-refractivity contribution in [3.8, 4) is 0 Å². The molecule has 1 aromatic carbocycles. The minimum atomic E-state index is -0.603. The van der Waals surface area contributed by atoms with E-state index in [1.807, 2.05) is 31.2 Å². The number of esters is 1. The van der Waals surface area contributed by atoms with Crippen LogP contribution in [0.1, 0.15) is 43.9 Å². The maximum Gasteiger partial charge on any atom is 0.344 e. The van der Waals surface area contributed by atoms with Gasteiger partial charge < -0.3 is 9.72 Å². The second-order valence-corrected chi connectivity index (χ2v) is 6.48. The van der Waals surface area contributed by atoms with Gasteiger partial charge in [0.2, 0.25) is 0 Å². The van der Waals surface area contributed by atoms with E-state index in [1.54, 1.807) is 0 Å². The van der Waals surface area contributed by atoms with E-state index in [0.29, 0.717) is 12.0 Å². The summed E-state index contributed by atoms with van der Waals surface area (Å²) < 4.78 is 5.56. The molecule has 0 saturated carbocycles. The minimum absolute atomic E-state index is 0.0167. The van der Waals surface area contributed by atoms with Crippen molar-refractivity contribution in [3.05, 3.63) is 41.1 Å². The van der Waals surface area contributed by atoms with Crippen LogP contribution in [0.4, 0.5) is 0 Å². The van der Waals surface area contributed by atoms with Crippen molar-refractivity contribution in [2.24, 2.45) is 0 Å². The molecular weight excluding hydrogens is 332 g/mol. The molecule has 1 unspecified atom stereocenters. The van der Waals surface area contributed by atoms with E-state index in [0.717, 1.165) is 41.4 Å². The third kappa shape index (κ3) is 3.24. The zero-order chi connectivity index (χ0) is 18.7. The Morgan fingerprint density at radius 1 is 1.31 bits per heavy atom. The van der Waals surface area contributed by atoms with Gasteiger partial charge in [-0.2, -0.15) is 0 Å². The first kappa shape index (κ1) is 18.2. The average Bonchev–Trinajstić information content (AvgIpc) is 3.12. The molecule has 1 aliphatic rings. The van der Waals surface area contributed by atoms with Gasteiger partial charge >= 0.3 is 5.97 Å². The summed E-state index contributed by atoms with van der Waals surface area (Å²) in [4.78, 5) is 32.9. The van der Waals surface area contributed by atoms with E-state index in [1.165, 1.54) is 7.11 Å². The normalized spacial score (nSPS) is 17.0. The number of carbonyl (C=O) groups is 2. The van der Waals surface area contributed by atoms with E-state index in [4.69, 9.17) is 9.57 Å². The highest BCUT2D eigenvalue weighted by atomic mass is 16.6. The Morgan fingerprint density at radius 3 is 2.77 bits per heavy atom. The number of fused-ring (bicyclic) bond motifs is 1. The smallest absolute Gasteiger partial charge is 0.344 e. The highest BCUT2D eigenvalue weighted by Crippen LogP contribution is 2.37. The molecule has 26 heavy (non-hydrogen) atoms. The Morgan fingerprint density at radius 2 is 2.08 bits per heavy atom. The number of H-pyrrole nitrogens is 1. The van der Waals surface area contributed by atoms with Gasteiger partial charge in [0.25, 0.3) is 5.91 Å². The number of para-hydroxylation sites is 1. The lowest BCUT2D eigenvalue weighted by molar-refractivity contribution is -0.142. The van der Waals surface area contributed by atoms with Gasteiger partial charge in [-0.3, -0.25) is 9.63 Å². The van der Waals surface area contributed by atoms with Crippen molar-refractivity contribution >= 4 is 28.4 Å². The Hall–Kier alpha value is -2.60. The summed E-state index contributed by atoms with van der Waals surface area (Å²) in [6.45, 7) is 4.11. The second kappa shape index (κ2) is 7.74. The summed E-state index contributed by atoms with van der Waals surface area (Å²) in [6.07, 6.45) is 3.30. The number of hydrogen-bond acceptors (Lipinski definition) is 4. The lowest BCUT2D eigenvalue weighted by Crippen LogP contribution is -2.26. The molecule has 0 bridgehead atoms. The van der Waals surface area contributed by atoms with Crippen LogP contribution in [-0.4, -0.2) is 30.1 Å². The lowest BCUT2D eigenvalue weighted by Gasteiger charge is -2.14. The van der Waals surface area contributed by atoms with E-state index >= 15 is 0 Å². The number of unbranched alkanes of at least 4 members (excludes halogenated alkanes) is 2. The highest BCUT2D eigenvalue weighted by molar-refractivity contribution is 6.24. The maximum atomic E-state index is 12.4. The molecule has 1 atom stereocenters. The van der Waals surface area contributed by atoms with E-state index in [2.05, 4.69) is 17.4 Å². The third-order valence-electron chi connectivity index (χ3n) is 4.77. The number of aromatic nitrogens is 1. The van der Waals surface area contributed by atoms with E-state index in [-0.39, 0.29) is 5.57 Å². The van der Waals surface area contributed by atoms with Gasteiger partial charge in [-0.15, -0.1) is 0 Å². The number of carbonyl (C=O) groups excluding carboxylic acids is 2. The van der Waals surface area contributed by atoms with Gasteiger partial charge in [-0.05, 0) is 31.4 Å². The van der Waals surface area contributed by atoms with Crippen LogP contribution < -0.4 is 5.48 Å². The summed E-state index contributed by atoms with van der Waals surface area (Å²) >= 11 is 0. The fourth-order valence-corrected chi connectivity index (χ4v) is 3.50. The number of aryl methyl sites for hydroxylation is 1. The topological polar surface area (TPSA) is 80.4 Å². The van der Waals surface area contributed by atoms with Gasteiger partial charge in [0.15, 0.2) is 0 Å². The molecule has 6 nitrogen and oxygen atoms in total. The molecule has 3 rings (SSSR count). The number of rotatable bonds is 7. The van der Waals surface area contributed by atoms with Crippen LogP contribution in [0.5, 0.6) is 0 Å². The third-order valence-corrected chi connectivity index (χ3v) is 4.77. The van der Waals surface area contributed by atoms with Crippen LogP contribution in [0, 0.1) is 6.92 Å².